The van der Waals surface area contributed by atoms with E-state index in [2.05, 4.69) is 20.8 Å². The molecule has 0 atom stereocenters. The number of thioether (sulfide) groups is 1. The van der Waals surface area contributed by atoms with E-state index >= 15 is 0 Å². The molecule has 2 amide bonds. The molecule has 1 heterocycles. The van der Waals surface area contributed by atoms with Crippen molar-refractivity contribution in [2.24, 2.45) is 0 Å². The number of aryl methyl sites for hydroxylation is 1. The van der Waals surface area contributed by atoms with Gasteiger partial charge in [0.05, 0.1) is 32.2 Å². The van der Waals surface area contributed by atoms with Crippen LogP contribution in [0.2, 0.25) is 0 Å². The van der Waals surface area contributed by atoms with Gasteiger partial charge in [-0.3, -0.25) is 14.2 Å². The fourth-order valence-corrected chi connectivity index (χ4v) is 4.43. The number of rotatable bonds is 10. The smallest absolute Gasteiger partial charge is 0.251 e. The van der Waals surface area contributed by atoms with E-state index in [1.54, 1.807) is 29.9 Å². The highest BCUT2D eigenvalue weighted by atomic mass is 32.2. The summed E-state index contributed by atoms with van der Waals surface area (Å²) in [6.07, 6.45) is 0. The van der Waals surface area contributed by atoms with Crippen LogP contribution in [0.25, 0.3) is 5.69 Å². The number of hydrogen-bond acceptors (Lipinski definition) is 7. The van der Waals surface area contributed by atoms with Crippen molar-refractivity contribution in [3.8, 4) is 17.2 Å². The predicted octanol–water partition coefficient (Wildman–Crippen LogP) is 4.39. The lowest BCUT2D eigenvalue weighted by molar-refractivity contribution is -0.113. The summed E-state index contributed by atoms with van der Waals surface area (Å²) in [6, 6.07) is 18.1. The van der Waals surface area contributed by atoms with Crippen LogP contribution in [-0.4, -0.2) is 46.6 Å². The van der Waals surface area contributed by atoms with E-state index in [4.69, 9.17) is 9.47 Å². The summed E-state index contributed by atoms with van der Waals surface area (Å²) >= 11 is 1.18. The highest BCUT2D eigenvalue weighted by Gasteiger charge is 2.20. The topological polar surface area (TPSA) is 107 Å². The van der Waals surface area contributed by atoms with E-state index in [1.807, 2.05) is 31.2 Å². The molecule has 0 saturated heterocycles. The molecule has 0 fully saturated rings. The SMILES string of the molecule is COc1ccc(OC)c(-n2c(CNC(=O)c3cccc(F)c3)nnc2SCC(=O)Nc2cccc(C)c2)c1. The molecule has 0 bridgehead atoms. The van der Waals surface area contributed by atoms with Crippen molar-refractivity contribution in [3.05, 3.63) is 89.5 Å². The molecular formula is C27H26FN5O4S. The number of nitrogens with zero attached hydrogens (tertiary/aromatic N) is 3. The maximum absolute atomic E-state index is 13.6. The highest BCUT2D eigenvalue weighted by Crippen LogP contribution is 2.32. The quantitative estimate of drug-likeness (QED) is 0.290. The Kier molecular flexibility index (Phi) is 8.59. The third-order valence-electron chi connectivity index (χ3n) is 5.46. The summed E-state index contributed by atoms with van der Waals surface area (Å²) < 4.78 is 26.2. The monoisotopic (exact) mass is 535 g/mol. The van der Waals surface area contributed by atoms with Crippen LogP contribution in [0.3, 0.4) is 0 Å². The van der Waals surface area contributed by atoms with E-state index in [-0.39, 0.29) is 23.8 Å². The maximum atomic E-state index is 13.6. The van der Waals surface area contributed by atoms with Crippen molar-refractivity contribution in [2.75, 3.05) is 25.3 Å². The maximum Gasteiger partial charge on any atom is 0.251 e. The van der Waals surface area contributed by atoms with Gasteiger partial charge in [0.1, 0.15) is 17.3 Å². The van der Waals surface area contributed by atoms with Crippen LogP contribution < -0.4 is 20.1 Å². The van der Waals surface area contributed by atoms with Crippen LogP contribution in [0.15, 0.2) is 71.9 Å². The van der Waals surface area contributed by atoms with E-state index in [0.717, 1.165) is 11.6 Å². The first-order valence-corrected chi connectivity index (χ1v) is 12.6. The predicted molar refractivity (Wildman–Crippen MR) is 143 cm³/mol. The molecule has 11 heteroatoms. The lowest BCUT2D eigenvalue weighted by atomic mass is 10.2. The van der Waals surface area contributed by atoms with Crippen molar-refractivity contribution in [3.63, 3.8) is 0 Å². The van der Waals surface area contributed by atoms with E-state index < -0.39 is 11.7 Å². The second kappa shape index (κ2) is 12.2. The van der Waals surface area contributed by atoms with E-state index in [0.29, 0.717) is 33.9 Å². The number of amides is 2. The summed E-state index contributed by atoms with van der Waals surface area (Å²) in [4.78, 5) is 25.3. The van der Waals surface area contributed by atoms with Crippen molar-refractivity contribution >= 4 is 29.3 Å². The van der Waals surface area contributed by atoms with Gasteiger partial charge in [0.25, 0.3) is 5.91 Å². The Labute approximate surface area is 223 Å². The van der Waals surface area contributed by atoms with Gasteiger partial charge in [-0.25, -0.2) is 4.39 Å². The van der Waals surface area contributed by atoms with Crippen LogP contribution in [0.1, 0.15) is 21.7 Å². The lowest BCUT2D eigenvalue weighted by Crippen LogP contribution is -2.25. The van der Waals surface area contributed by atoms with Gasteiger partial charge in [0.2, 0.25) is 5.91 Å². The molecule has 0 radical (unpaired) electrons. The standard InChI is InChI=1S/C27H26FN5O4S/c1-17-6-4-9-20(12-17)30-25(34)16-38-27-32-31-24(15-29-26(35)18-7-5-8-19(28)13-18)33(27)22-14-21(36-2)10-11-23(22)37-3/h4-14H,15-16H2,1-3H3,(H,29,35)(H,30,34). The normalized spacial score (nSPS) is 10.6. The second-order valence-electron chi connectivity index (χ2n) is 8.17. The van der Waals surface area contributed by atoms with Crippen molar-refractivity contribution < 1.29 is 23.5 Å². The molecule has 0 saturated carbocycles. The summed E-state index contributed by atoms with van der Waals surface area (Å²) in [5.74, 6) is 0.324. The van der Waals surface area contributed by atoms with Crippen LogP contribution in [-0.2, 0) is 11.3 Å². The summed E-state index contributed by atoms with van der Waals surface area (Å²) in [5, 5.41) is 14.6. The van der Waals surface area contributed by atoms with Crippen LogP contribution >= 0.6 is 11.8 Å². The molecule has 1 aromatic heterocycles. The third-order valence-corrected chi connectivity index (χ3v) is 6.38. The van der Waals surface area contributed by atoms with E-state index in [1.165, 1.54) is 37.1 Å². The number of anilines is 1. The molecule has 0 spiro atoms. The number of carbonyl (C=O) groups is 2. The number of methoxy groups -OCH3 is 2. The van der Waals surface area contributed by atoms with Gasteiger partial charge in [-0.15, -0.1) is 10.2 Å². The average molecular weight is 536 g/mol. The number of ether oxygens (including phenoxy) is 2. The number of nitrogens with one attached hydrogen (secondary N) is 2. The number of hydrogen-bond donors (Lipinski definition) is 2. The second-order valence-corrected chi connectivity index (χ2v) is 9.11. The molecular weight excluding hydrogens is 509 g/mol. The Hall–Kier alpha value is -4.38. The van der Waals surface area contributed by atoms with Gasteiger partial charge in [0.15, 0.2) is 11.0 Å². The minimum Gasteiger partial charge on any atom is -0.497 e. The van der Waals surface area contributed by atoms with Gasteiger partial charge < -0.3 is 20.1 Å². The van der Waals surface area contributed by atoms with Gasteiger partial charge >= 0.3 is 0 Å². The fraction of sp³-hybridized carbons (Fsp3) is 0.185. The zero-order valence-electron chi connectivity index (χ0n) is 21.0. The Morgan fingerprint density at radius 3 is 2.55 bits per heavy atom. The third kappa shape index (κ3) is 6.48. The van der Waals surface area contributed by atoms with Gasteiger partial charge in [-0.2, -0.15) is 0 Å². The molecule has 3 aromatic carbocycles. The zero-order valence-corrected chi connectivity index (χ0v) is 21.8. The lowest BCUT2D eigenvalue weighted by Gasteiger charge is -2.15. The Morgan fingerprint density at radius 2 is 1.82 bits per heavy atom. The van der Waals surface area contributed by atoms with Gasteiger partial charge in [-0.05, 0) is 55.0 Å². The number of carbonyl (C=O) groups excluding carboxylic acids is 2. The zero-order chi connectivity index (χ0) is 27.1. The van der Waals surface area contributed by atoms with Crippen LogP contribution in [0, 0.1) is 12.7 Å². The largest absolute Gasteiger partial charge is 0.497 e. The number of aromatic nitrogens is 3. The highest BCUT2D eigenvalue weighted by molar-refractivity contribution is 7.99. The number of halogens is 1. The van der Waals surface area contributed by atoms with Crippen LogP contribution in [0.5, 0.6) is 11.5 Å². The van der Waals surface area contributed by atoms with Crippen molar-refractivity contribution in [1.29, 1.82) is 0 Å². The first kappa shape index (κ1) is 26.7. The number of benzene rings is 3. The molecule has 38 heavy (non-hydrogen) atoms. The first-order valence-electron chi connectivity index (χ1n) is 11.6. The Bertz CT molecular complexity index is 1460. The van der Waals surface area contributed by atoms with Gasteiger partial charge in [-0.1, -0.05) is 30.0 Å². The Morgan fingerprint density at radius 1 is 1.00 bits per heavy atom. The summed E-state index contributed by atoms with van der Waals surface area (Å²) in [7, 11) is 3.08. The molecule has 0 aliphatic heterocycles. The molecule has 0 aliphatic rings. The summed E-state index contributed by atoms with van der Waals surface area (Å²) in [6.45, 7) is 1.93. The first-order chi connectivity index (χ1) is 18.4. The minimum atomic E-state index is -0.510. The molecule has 2 N–H and O–H groups in total. The van der Waals surface area contributed by atoms with Gasteiger partial charge in [0, 0.05) is 17.3 Å². The molecule has 4 rings (SSSR count). The molecule has 4 aromatic rings. The average Bonchev–Trinajstić information content (AvgIpc) is 3.32. The Balaban J connectivity index is 1.59. The van der Waals surface area contributed by atoms with Crippen molar-refractivity contribution in [2.45, 2.75) is 18.6 Å². The summed E-state index contributed by atoms with van der Waals surface area (Å²) in [5.41, 5.74) is 2.48. The molecule has 9 nitrogen and oxygen atoms in total. The molecule has 0 unspecified atom stereocenters. The fourth-order valence-electron chi connectivity index (χ4n) is 3.66. The van der Waals surface area contributed by atoms with Crippen LogP contribution in [0.4, 0.5) is 10.1 Å². The van der Waals surface area contributed by atoms with E-state index in [9.17, 15) is 14.0 Å². The molecule has 196 valence electrons. The minimum absolute atomic E-state index is 0.0151. The van der Waals surface area contributed by atoms with Crippen molar-refractivity contribution in [1.82, 2.24) is 20.1 Å². The molecule has 0 aliphatic carbocycles.